The third-order valence-corrected chi connectivity index (χ3v) is 6.69. The highest BCUT2D eigenvalue weighted by Crippen LogP contribution is 2.61. The molecule has 0 saturated heterocycles. The number of hydrogen-bond acceptors (Lipinski definition) is 11. The van der Waals surface area contributed by atoms with Crippen LogP contribution in [0.3, 0.4) is 0 Å². The summed E-state index contributed by atoms with van der Waals surface area (Å²) in [6.07, 6.45) is -6.54. The lowest BCUT2D eigenvalue weighted by Crippen LogP contribution is -2.28. The van der Waals surface area contributed by atoms with Gasteiger partial charge in [-0.2, -0.15) is 40.1 Å². The van der Waals surface area contributed by atoms with Crippen LogP contribution in [-0.4, -0.2) is 55.3 Å². The maximum Gasteiger partial charge on any atom is 0.423 e. The van der Waals surface area contributed by atoms with Gasteiger partial charge in [-0.25, -0.2) is 34.5 Å². The van der Waals surface area contributed by atoms with E-state index in [1.54, 1.807) is 18.1 Å². The third kappa shape index (κ3) is 30.5. The van der Waals surface area contributed by atoms with Crippen molar-refractivity contribution >= 4 is 142 Å². The molecule has 0 aromatic carbocycles. The summed E-state index contributed by atoms with van der Waals surface area (Å²) >= 11 is 52.5. The van der Waals surface area contributed by atoms with Gasteiger partial charge in [-0.05, 0) is 70.8 Å². The van der Waals surface area contributed by atoms with Crippen LogP contribution in [0.2, 0.25) is 20.9 Å². The lowest BCUT2D eigenvalue weighted by molar-refractivity contribution is -0.141. The first-order valence-corrected chi connectivity index (χ1v) is 22.0. The van der Waals surface area contributed by atoms with Crippen LogP contribution in [-0.2, 0) is 20.7 Å². The molecule has 0 aliphatic heterocycles. The van der Waals surface area contributed by atoms with Crippen molar-refractivity contribution in [1.82, 2.24) is 49.8 Å². The van der Waals surface area contributed by atoms with Crippen molar-refractivity contribution in [2.45, 2.75) is 30.0 Å². The summed E-state index contributed by atoms with van der Waals surface area (Å²) in [5.74, 6) is -1.91. The first-order chi connectivity index (χ1) is 27.6. The summed E-state index contributed by atoms with van der Waals surface area (Å²) in [5.41, 5.74) is -4.75. The summed E-state index contributed by atoms with van der Waals surface area (Å²) in [6, 6.07) is 0. The molecule has 5 rings (SSSR count). The Morgan fingerprint density at radius 1 is 0.603 bits per heavy atom. The number of nitrogens with one attached hydrogen (secondary N) is 4. The fraction of sp³-hybridized carbons (Fsp3) is 0.200. The summed E-state index contributed by atoms with van der Waals surface area (Å²) in [7, 11) is 8.22. The van der Waals surface area contributed by atoms with Gasteiger partial charge in [0.15, 0.2) is 0 Å². The van der Waals surface area contributed by atoms with Gasteiger partial charge >= 0.3 is 35.0 Å². The van der Waals surface area contributed by atoms with Gasteiger partial charge in [-0.3, -0.25) is 28.8 Å². The Morgan fingerprint density at radius 2 is 1.00 bits per heavy atom. The van der Waals surface area contributed by atoms with E-state index in [9.17, 15) is 58.9 Å². The van der Waals surface area contributed by atoms with Gasteiger partial charge in [0, 0.05) is 63.8 Å². The number of nitrogens with zero attached hydrogens (tertiary/aromatic N) is 6. The van der Waals surface area contributed by atoms with E-state index in [0.29, 0.717) is 16.9 Å². The van der Waals surface area contributed by atoms with E-state index >= 15 is 0 Å². The molecular formula is C25H18Cl12F9N10O6P. The van der Waals surface area contributed by atoms with Crippen molar-refractivity contribution in [2.24, 2.45) is 0 Å². The van der Waals surface area contributed by atoms with Crippen LogP contribution < -0.4 is 22.5 Å². The second-order valence-electron chi connectivity index (χ2n) is 9.43. The van der Waals surface area contributed by atoms with Gasteiger partial charge in [0.1, 0.15) is 21.4 Å². The molecule has 6 N–H and O–H groups in total. The van der Waals surface area contributed by atoms with Crippen LogP contribution in [0.5, 0.6) is 0 Å². The fourth-order valence-corrected chi connectivity index (χ4v) is 3.87. The van der Waals surface area contributed by atoms with Gasteiger partial charge in [0.2, 0.25) is 20.3 Å². The van der Waals surface area contributed by atoms with E-state index in [1.165, 1.54) is 17.4 Å². The zero-order valence-electron chi connectivity index (χ0n) is 29.5. The molecule has 0 amide bonds. The van der Waals surface area contributed by atoms with Crippen LogP contribution in [0.15, 0.2) is 50.2 Å². The van der Waals surface area contributed by atoms with Crippen LogP contribution in [0, 0.1) is 25.9 Å². The Balaban J connectivity index is -0.000000332. The minimum atomic E-state index is -4.89. The molecule has 356 valence electrons. The molecule has 0 saturated carbocycles. The lowest BCUT2D eigenvalue weighted by Gasteiger charge is -2.10. The topological polar surface area (TPSA) is 257 Å². The van der Waals surface area contributed by atoms with E-state index in [2.05, 4.69) is 95.3 Å². The molecular weight excluding hydrogens is 1160 g/mol. The molecule has 16 nitrogen and oxygen atoms in total. The van der Waals surface area contributed by atoms with Crippen molar-refractivity contribution in [3.05, 3.63) is 133 Å². The number of rotatable bonds is 0. The van der Waals surface area contributed by atoms with Crippen LogP contribution >= 0.6 is 142 Å². The molecule has 5 aromatic heterocycles. The summed E-state index contributed by atoms with van der Waals surface area (Å²) < 4.78 is 103. The lowest BCUT2D eigenvalue weighted by atomic mass is 10.3. The standard InChI is InChI=1S/C5HCl5N2.C5H4Cl2N2.C5HF5N2.C5H3F3N2O2.C5H6N2O2.Cl3OP.Cl2.FH.H2O/c6-3-2(5(8,9)10)1-11-4(7)12-3;1-3-2-8-5(7)9-4(3)6;6-3-2(5(8,9)10)1-11-4(7)12-3;6-5(7,8)2-1-9-4(12)10-3(2)11;1-3-2-6-5(9)7-4(3)8;1-5(2,3)4;1-2;;/h1H;2H,1H3;1H;1H,(H2,9,10,11,12);2H,1H3,(H2,6,7,8,9);;;1H;1H2. The minimum absolute atomic E-state index is 0. The average Bonchev–Trinajstić information content (AvgIpc) is 3.08. The number of aromatic amines is 4. The molecule has 63 heavy (non-hydrogen) atoms. The van der Waals surface area contributed by atoms with Crippen LogP contribution in [0.25, 0.3) is 0 Å². The summed E-state index contributed by atoms with van der Waals surface area (Å²) in [5, 5.41) is -2.58. The smallest absolute Gasteiger partial charge is 0.412 e. The van der Waals surface area contributed by atoms with Crippen molar-refractivity contribution in [3.63, 3.8) is 0 Å². The summed E-state index contributed by atoms with van der Waals surface area (Å²) in [6.45, 7) is 3.44. The van der Waals surface area contributed by atoms with Crippen LogP contribution in [0.4, 0.5) is 39.8 Å². The molecule has 0 atom stereocenters. The molecule has 0 spiro atoms. The van der Waals surface area contributed by atoms with Gasteiger partial charge in [-0.1, -0.05) is 58.0 Å². The molecule has 5 aromatic rings. The second-order valence-corrected chi connectivity index (χ2v) is 19.7. The van der Waals surface area contributed by atoms with E-state index in [0.717, 1.165) is 5.56 Å². The third-order valence-electron chi connectivity index (χ3n) is 5.05. The molecule has 5 heterocycles. The van der Waals surface area contributed by atoms with Crippen molar-refractivity contribution < 1.29 is 49.9 Å². The van der Waals surface area contributed by atoms with Gasteiger partial charge in [0.05, 0.1) is 5.56 Å². The minimum Gasteiger partial charge on any atom is -0.412 e. The largest absolute Gasteiger partial charge is 0.423 e. The van der Waals surface area contributed by atoms with Gasteiger partial charge in [-0.15, -0.1) is 0 Å². The highest BCUT2D eigenvalue weighted by molar-refractivity contribution is 8.24. The highest BCUT2D eigenvalue weighted by atomic mass is 36.5. The maximum atomic E-state index is 12.2. The van der Waals surface area contributed by atoms with Crippen molar-refractivity contribution in [1.29, 1.82) is 0 Å². The van der Waals surface area contributed by atoms with E-state index in [4.69, 9.17) is 81.2 Å². The number of alkyl halides is 9. The Kier molecular flexibility index (Phi) is 32.8. The first-order valence-electron chi connectivity index (χ1n) is 13.8. The number of hydrogen-bond donors (Lipinski definition) is 4. The normalized spacial score (nSPS) is 10.4. The fourth-order valence-electron chi connectivity index (χ4n) is 2.56. The number of aryl methyl sites for hydroxylation is 2. The predicted octanol–water partition coefficient (Wildman–Crippen LogP) is 10.4. The predicted molar refractivity (Wildman–Crippen MR) is 223 cm³/mol. The van der Waals surface area contributed by atoms with Crippen LogP contribution in [0.1, 0.15) is 27.8 Å². The number of halogens is 21. The van der Waals surface area contributed by atoms with Gasteiger partial charge < -0.3 is 15.4 Å². The first kappa shape index (κ1) is 67.2. The van der Waals surface area contributed by atoms with E-state index in [1.807, 2.05) is 6.92 Å². The van der Waals surface area contributed by atoms with E-state index in [-0.39, 0.29) is 43.2 Å². The Hall–Kier alpha value is -2.36. The molecule has 0 bridgehead atoms. The average molecular weight is 1180 g/mol. The van der Waals surface area contributed by atoms with Crippen molar-refractivity contribution in [2.75, 3.05) is 0 Å². The monoisotopic (exact) mass is 1180 g/mol. The maximum absolute atomic E-state index is 12.2. The van der Waals surface area contributed by atoms with E-state index < -0.39 is 61.4 Å². The Morgan fingerprint density at radius 3 is 1.33 bits per heavy atom. The Labute approximate surface area is 402 Å². The molecule has 0 fully saturated rings. The quantitative estimate of drug-likeness (QED) is 0.0373. The number of H-pyrrole nitrogens is 4. The molecule has 38 heteroatoms. The molecule has 0 radical (unpaired) electrons. The zero-order valence-corrected chi connectivity index (χ0v) is 39.5. The molecule has 0 aliphatic carbocycles. The SMILES string of the molecule is Cc1c[nH]c(=O)[nH]c1=O.Cc1cnc(Cl)nc1Cl.ClCl.Clc1ncc(C(Cl)(Cl)Cl)c(Cl)n1.F.Fc1ncc(C(F)(F)F)c(F)n1.O.O=P(Cl)(Cl)Cl.O=c1[nH]cc(C(F)(F)F)c(=O)[nH]1. The Bertz CT molecular complexity index is 2390. The molecule has 0 aliphatic rings. The molecule has 0 unspecified atom stereocenters. The highest BCUT2D eigenvalue weighted by Gasteiger charge is 2.36. The van der Waals surface area contributed by atoms with Crippen molar-refractivity contribution in [3.8, 4) is 0 Å². The summed E-state index contributed by atoms with van der Waals surface area (Å²) in [4.78, 5) is 68.7. The van der Waals surface area contributed by atoms with Gasteiger partial charge in [0.25, 0.3) is 11.1 Å². The number of aromatic nitrogens is 10. The zero-order chi connectivity index (χ0) is 48.3. The second kappa shape index (κ2) is 30.8.